The van der Waals surface area contributed by atoms with Crippen LogP contribution in [0.5, 0.6) is 5.75 Å². The van der Waals surface area contributed by atoms with Crippen molar-refractivity contribution in [1.82, 2.24) is 5.32 Å². The molecule has 18 heavy (non-hydrogen) atoms. The molecule has 1 fully saturated rings. The summed E-state index contributed by atoms with van der Waals surface area (Å²) in [6.45, 7) is 3.17. The maximum absolute atomic E-state index is 5.73. The first-order chi connectivity index (χ1) is 8.88. The molecule has 2 aliphatic rings. The summed E-state index contributed by atoms with van der Waals surface area (Å²) in [5.74, 6) is 1.95. The van der Waals surface area contributed by atoms with Crippen molar-refractivity contribution in [3.63, 3.8) is 0 Å². The van der Waals surface area contributed by atoms with E-state index in [4.69, 9.17) is 4.74 Å². The second kappa shape index (κ2) is 5.31. The average Bonchev–Trinajstić information content (AvgIpc) is 2.86. The third-order valence-corrected chi connectivity index (χ3v) is 4.56. The van der Waals surface area contributed by atoms with Crippen molar-refractivity contribution in [1.29, 1.82) is 0 Å². The van der Waals surface area contributed by atoms with Crippen molar-refractivity contribution < 1.29 is 4.74 Å². The van der Waals surface area contributed by atoms with Gasteiger partial charge in [-0.3, -0.25) is 0 Å². The van der Waals surface area contributed by atoms with Gasteiger partial charge in [0.1, 0.15) is 5.75 Å². The van der Waals surface area contributed by atoms with E-state index in [1.54, 1.807) is 0 Å². The number of para-hydroxylation sites is 1. The lowest BCUT2D eigenvalue weighted by molar-refractivity contribution is 0.234. The highest BCUT2D eigenvalue weighted by Gasteiger charge is 2.30. The van der Waals surface area contributed by atoms with Crippen LogP contribution in [0.25, 0.3) is 0 Å². The van der Waals surface area contributed by atoms with Crippen molar-refractivity contribution in [3.8, 4) is 5.75 Å². The van der Waals surface area contributed by atoms with Gasteiger partial charge in [0.25, 0.3) is 0 Å². The Labute approximate surface area is 110 Å². The summed E-state index contributed by atoms with van der Waals surface area (Å²) in [4.78, 5) is 0. The van der Waals surface area contributed by atoms with E-state index in [9.17, 15) is 0 Å². The van der Waals surface area contributed by atoms with Crippen molar-refractivity contribution >= 4 is 0 Å². The van der Waals surface area contributed by atoms with Gasteiger partial charge in [0, 0.05) is 24.1 Å². The van der Waals surface area contributed by atoms with Gasteiger partial charge in [-0.2, -0.15) is 0 Å². The molecule has 3 unspecified atom stereocenters. The van der Waals surface area contributed by atoms with E-state index in [1.165, 1.54) is 31.2 Å². The molecule has 3 rings (SSSR count). The van der Waals surface area contributed by atoms with E-state index in [1.807, 2.05) is 0 Å². The molecule has 1 saturated carbocycles. The Morgan fingerprint density at radius 1 is 1.22 bits per heavy atom. The topological polar surface area (TPSA) is 21.3 Å². The molecule has 2 heteroatoms. The van der Waals surface area contributed by atoms with Crippen molar-refractivity contribution in [3.05, 3.63) is 29.8 Å². The second-order valence-electron chi connectivity index (χ2n) is 5.60. The highest BCUT2D eigenvalue weighted by Crippen LogP contribution is 2.35. The minimum Gasteiger partial charge on any atom is -0.493 e. The van der Waals surface area contributed by atoms with Gasteiger partial charge in [0.15, 0.2) is 0 Å². The largest absolute Gasteiger partial charge is 0.493 e. The van der Waals surface area contributed by atoms with E-state index in [-0.39, 0.29) is 0 Å². The molecule has 1 aromatic rings. The van der Waals surface area contributed by atoms with Crippen molar-refractivity contribution in [2.45, 2.75) is 51.1 Å². The molecule has 0 saturated heterocycles. The van der Waals surface area contributed by atoms with Gasteiger partial charge in [-0.05, 0) is 24.8 Å². The zero-order chi connectivity index (χ0) is 12.4. The third kappa shape index (κ3) is 2.26. The summed E-state index contributed by atoms with van der Waals surface area (Å²) in [7, 11) is 0. The number of fused-ring (bicyclic) bond motifs is 1. The minimum absolute atomic E-state index is 0.493. The maximum atomic E-state index is 5.73. The molecule has 1 heterocycles. The fraction of sp³-hybridized carbons (Fsp3) is 0.625. The molecule has 1 aromatic carbocycles. The summed E-state index contributed by atoms with van der Waals surface area (Å²) >= 11 is 0. The first kappa shape index (κ1) is 12.0. The normalized spacial score (nSPS) is 30.8. The molecule has 2 nitrogen and oxygen atoms in total. The lowest BCUT2D eigenvalue weighted by atomic mass is 9.95. The highest BCUT2D eigenvalue weighted by atomic mass is 16.5. The molecule has 98 valence electrons. The van der Waals surface area contributed by atoms with Crippen molar-refractivity contribution in [2.75, 3.05) is 6.61 Å². The Kier molecular flexibility index (Phi) is 3.55. The van der Waals surface area contributed by atoms with E-state index >= 15 is 0 Å². The van der Waals surface area contributed by atoms with Crippen LogP contribution in [-0.2, 0) is 0 Å². The summed E-state index contributed by atoms with van der Waals surface area (Å²) in [5.41, 5.74) is 1.35. The van der Waals surface area contributed by atoms with E-state index in [2.05, 4.69) is 36.5 Å². The predicted octanol–water partition coefficient (Wildman–Crippen LogP) is 3.68. The third-order valence-electron chi connectivity index (χ3n) is 4.56. The number of rotatable bonds is 3. The summed E-state index contributed by atoms with van der Waals surface area (Å²) in [6.07, 6.45) is 6.55. The molecule has 0 aromatic heterocycles. The van der Waals surface area contributed by atoms with Gasteiger partial charge in [0.2, 0.25) is 0 Å². The van der Waals surface area contributed by atoms with Crippen LogP contribution in [-0.4, -0.2) is 12.6 Å². The zero-order valence-corrected chi connectivity index (χ0v) is 11.2. The van der Waals surface area contributed by atoms with Crippen LogP contribution in [0.15, 0.2) is 24.3 Å². The molecule has 0 amide bonds. The summed E-state index contributed by atoms with van der Waals surface area (Å²) in [6, 6.07) is 9.69. The molecular weight excluding hydrogens is 222 g/mol. The Bertz CT molecular complexity index is 404. The van der Waals surface area contributed by atoms with E-state index in [0.717, 1.165) is 24.7 Å². The van der Waals surface area contributed by atoms with Crippen LogP contribution < -0.4 is 10.1 Å². The second-order valence-corrected chi connectivity index (χ2v) is 5.60. The fourth-order valence-corrected chi connectivity index (χ4v) is 3.52. The van der Waals surface area contributed by atoms with E-state index < -0.39 is 0 Å². The molecule has 1 aliphatic carbocycles. The van der Waals surface area contributed by atoms with Gasteiger partial charge in [-0.15, -0.1) is 0 Å². The maximum Gasteiger partial charge on any atom is 0.124 e. The van der Waals surface area contributed by atoms with Gasteiger partial charge in [-0.25, -0.2) is 0 Å². The van der Waals surface area contributed by atoms with Crippen LogP contribution in [0.1, 0.15) is 50.6 Å². The quantitative estimate of drug-likeness (QED) is 0.877. The Morgan fingerprint density at radius 2 is 2.11 bits per heavy atom. The van der Waals surface area contributed by atoms with Gasteiger partial charge in [-0.1, -0.05) is 38.0 Å². The highest BCUT2D eigenvalue weighted by molar-refractivity contribution is 5.37. The molecule has 3 atom stereocenters. The fourth-order valence-electron chi connectivity index (χ4n) is 3.52. The summed E-state index contributed by atoms with van der Waals surface area (Å²) < 4.78 is 5.73. The van der Waals surface area contributed by atoms with Crippen molar-refractivity contribution in [2.24, 2.45) is 5.92 Å². The van der Waals surface area contributed by atoms with Gasteiger partial charge < -0.3 is 10.1 Å². The number of hydrogen-bond acceptors (Lipinski definition) is 2. The lowest BCUT2D eigenvalue weighted by Crippen LogP contribution is -2.37. The minimum atomic E-state index is 0.493. The van der Waals surface area contributed by atoms with Crippen LogP contribution in [0.4, 0.5) is 0 Å². The Morgan fingerprint density at radius 3 is 3.00 bits per heavy atom. The predicted molar refractivity (Wildman–Crippen MR) is 73.9 cm³/mol. The summed E-state index contributed by atoms with van der Waals surface area (Å²) in [5, 5.41) is 3.90. The number of hydrogen-bond donors (Lipinski definition) is 1. The smallest absolute Gasteiger partial charge is 0.124 e. The van der Waals surface area contributed by atoms with Crippen LogP contribution >= 0.6 is 0 Å². The molecule has 0 spiro atoms. The molecule has 1 N–H and O–H groups in total. The Hall–Kier alpha value is -1.02. The first-order valence-electron chi connectivity index (χ1n) is 7.36. The van der Waals surface area contributed by atoms with Crippen LogP contribution in [0.3, 0.4) is 0 Å². The van der Waals surface area contributed by atoms with Crippen LogP contribution in [0.2, 0.25) is 0 Å². The SMILES string of the molecule is CCC1CCCC1NC1CCOc2ccccc21. The monoisotopic (exact) mass is 245 g/mol. The van der Waals surface area contributed by atoms with Gasteiger partial charge in [0.05, 0.1) is 6.61 Å². The number of nitrogens with one attached hydrogen (secondary N) is 1. The Balaban J connectivity index is 1.74. The van der Waals surface area contributed by atoms with Crippen LogP contribution in [0, 0.1) is 5.92 Å². The first-order valence-corrected chi connectivity index (χ1v) is 7.36. The number of ether oxygens (including phenoxy) is 1. The molecular formula is C16H23NO. The molecule has 1 aliphatic heterocycles. The zero-order valence-electron chi connectivity index (χ0n) is 11.2. The standard InChI is InChI=1S/C16H23NO/c1-2-12-6-5-8-14(12)17-15-10-11-18-16-9-4-3-7-13(15)16/h3-4,7,9,12,14-15,17H,2,5-6,8,10-11H2,1H3. The average molecular weight is 245 g/mol. The lowest BCUT2D eigenvalue weighted by Gasteiger charge is -2.31. The number of benzene rings is 1. The molecule has 0 radical (unpaired) electrons. The van der Waals surface area contributed by atoms with Gasteiger partial charge >= 0.3 is 0 Å². The van der Waals surface area contributed by atoms with E-state index in [0.29, 0.717) is 12.1 Å². The molecule has 0 bridgehead atoms.